The number of hydrogen-bond donors (Lipinski definition) is 1. The first-order valence-electron chi connectivity index (χ1n) is 6.27. The molecular weight excluding hydrogens is 236 g/mol. The molecule has 0 amide bonds. The van der Waals surface area contributed by atoms with E-state index < -0.39 is 0 Å². The van der Waals surface area contributed by atoms with Crippen molar-refractivity contribution in [1.82, 2.24) is 0 Å². The molecule has 0 saturated carbocycles. The van der Waals surface area contributed by atoms with Gasteiger partial charge in [-0.05, 0) is 42.7 Å². The van der Waals surface area contributed by atoms with E-state index in [0.29, 0.717) is 5.75 Å². The van der Waals surface area contributed by atoms with Crippen molar-refractivity contribution in [1.29, 1.82) is 0 Å². The first-order chi connectivity index (χ1) is 9.17. The minimum atomic E-state index is 0.339. The lowest BCUT2D eigenvalue weighted by Crippen LogP contribution is -1.88. The first kappa shape index (κ1) is 13.2. The highest BCUT2D eigenvalue weighted by atomic mass is 16.5. The van der Waals surface area contributed by atoms with Crippen LogP contribution in [0.25, 0.3) is 17.2 Å². The fourth-order valence-electron chi connectivity index (χ4n) is 2.12. The molecule has 0 aliphatic rings. The largest absolute Gasteiger partial charge is 0.507 e. The molecule has 0 aliphatic heterocycles. The number of ether oxygens (including phenoxy) is 1. The maximum absolute atomic E-state index is 10.2. The zero-order chi connectivity index (χ0) is 13.8. The molecule has 0 unspecified atom stereocenters. The summed E-state index contributed by atoms with van der Waals surface area (Å²) in [4.78, 5) is 0. The van der Waals surface area contributed by atoms with E-state index in [1.807, 2.05) is 62.4 Å². The summed E-state index contributed by atoms with van der Waals surface area (Å²) in [6.45, 7) is 3.87. The highest BCUT2D eigenvalue weighted by molar-refractivity contribution is 5.74. The number of benzene rings is 2. The van der Waals surface area contributed by atoms with Crippen LogP contribution in [0.3, 0.4) is 0 Å². The third kappa shape index (κ3) is 2.63. The number of hydrogen-bond acceptors (Lipinski definition) is 2. The second-order valence-electron chi connectivity index (χ2n) is 4.40. The van der Waals surface area contributed by atoms with Crippen molar-refractivity contribution in [2.75, 3.05) is 7.11 Å². The molecule has 2 aromatic rings. The van der Waals surface area contributed by atoms with E-state index in [4.69, 9.17) is 4.74 Å². The Balaban J connectivity index is 2.47. The number of phenols is 1. The Labute approximate surface area is 114 Å². The van der Waals surface area contributed by atoms with E-state index in [9.17, 15) is 5.11 Å². The van der Waals surface area contributed by atoms with E-state index in [0.717, 1.165) is 28.0 Å². The van der Waals surface area contributed by atoms with Crippen molar-refractivity contribution in [3.05, 3.63) is 53.6 Å². The lowest BCUT2D eigenvalue weighted by Gasteiger charge is -2.11. The molecule has 2 nitrogen and oxygen atoms in total. The summed E-state index contributed by atoms with van der Waals surface area (Å²) in [7, 11) is 1.65. The number of allylic oxidation sites excluding steroid dienone is 1. The van der Waals surface area contributed by atoms with Crippen LogP contribution in [-0.2, 0) is 0 Å². The molecule has 2 rings (SSSR count). The predicted molar refractivity (Wildman–Crippen MR) is 79.5 cm³/mol. The molecule has 0 atom stereocenters. The van der Waals surface area contributed by atoms with Crippen molar-refractivity contribution in [2.24, 2.45) is 0 Å². The fraction of sp³-hybridized carbons (Fsp3) is 0.176. The van der Waals surface area contributed by atoms with E-state index in [-0.39, 0.29) is 0 Å². The van der Waals surface area contributed by atoms with Gasteiger partial charge in [-0.2, -0.15) is 0 Å². The van der Waals surface area contributed by atoms with Gasteiger partial charge >= 0.3 is 0 Å². The molecule has 0 spiro atoms. The van der Waals surface area contributed by atoms with Crippen LogP contribution in [0.1, 0.15) is 18.1 Å². The van der Waals surface area contributed by atoms with Crippen molar-refractivity contribution in [3.63, 3.8) is 0 Å². The number of phenolic OH excluding ortho intramolecular Hbond substituents is 1. The van der Waals surface area contributed by atoms with Crippen molar-refractivity contribution in [2.45, 2.75) is 13.8 Å². The smallest absolute Gasteiger partial charge is 0.126 e. The molecule has 0 aliphatic carbocycles. The summed E-state index contributed by atoms with van der Waals surface area (Å²) in [5.74, 6) is 1.17. The zero-order valence-electron chi connectivity index (χ0n) is 11.5. The van der Waals surface area contributed by atoms with E-state index >= 15 is 0 Å². The van der Waals surface area contributed by atoms with Crippen LogP contribution in [0.5, 0.6) is 11.5 Å². The van der Waals surface area contributed by atoms with Gasteiger partial charge in [0.05, 0.1) is 7.11 Å². The maximum Gasteiger partial charge on any atom is 0.126 e. The van der Waals surface area contributed by atoms with Crippen molar-refractivity contribution >= 4 is 6.08 Å². The highest BCUT2D eigenvalue weighted by Gasteiger charge is 2.08. The normalized spacial score (nSPS) is 10.9. The quantitative estimate of drug-likeness (QED) is 0.879. The molecule has 0 bridgehead atoms. The fourth-order valence-corrected chi connectivity index (χ4v) is 2.12. The number of aromatic hydroxyl groups is 1. The Morgan fingerprint density at radius 3 is 2.32 bits per heavy atom. The molecule has 0 fully saturated rings. The monoisotopic (exact) mass is 254 g/mol. The van der Waals surface area contributed by atoms with Gasteiger partial charge in [-0.25, -0.2) is 0 Å². The summed E-state index contributed by atoms with van der Waals surface area (Å²) < 4.78 is 5.15. The lowest BCUT2D eigenvalue weighted by molar-refractivity contribution is 0.415. The third-order valence-corrected chi connectivity index (χ3v) is 3.21. The van der Waals surface area contributed by atoms with Gasteiger partial charge in [0, 0.05) is 5.56 Å². The standard InChI is InChI=1S/C17H18O2/c1-4-5-14-8-11-16(12(2)17(14)18)13-6-9-15(19-3)10-7-13/h4-11,18H,1-3H3/b5-4+. The summed E-state index contributed by atoms with van der Waals surface area (Å²) in [5.41, 5.74) is 3.84. The maximum atomic E-state index is 10.2. The van der Waals surface area contributed by atoms with Crippen LogP contribution in [0.15, 0.2) is 42.5 Å². The van der Waals surface area contributed by atoms with Crippen LogP contribution < -0.4 is 4.74 Å². The molecule has 2 heteroatoms. The minimum absolute atomic E-state index is 0.339. The summed E-state index contributed by atoms with van der Waals surface area (Å²) in [5, 5.41) is 10.2. The highest BCUT2D eigenvalue weighted by Crippen LogP contribution is 2.33. The molecule has 0 aromatic heterocycles. The molecule has 19 heavy (non-hydrogen) atoms. The second-order valence-corrected chi connectivity index (χ2v) is 4.40. The van der Waals surface area contributed by atoms with Crippen LogP contribution in [0.2, 0.25) is 0 Å². The average molecular weight is 254 g/mol. The Morgan fingerprint density at radius 1 is 1.05 bits per heavy atom. The van der Waals surface area contributed by atoms with Gasteiger partial charge in [0.25, 0.3) is 0 Å². The van der Waals surface area contributed by atoms with Gasteiger partial charge in [-0.3, -0.25) is 0 Å². The Morgan fingerprint density at radius 2 is 1.74 bits per heavy atom. The number of methoxy groups -OCH3 is 1. The minimum Gasteiger partial charge on any atom is -0.507 e. The molecule has 98 valence electrons. The van der Waals surface area contributed by atoms with Gasteiger partial charge in [-0.15, -0.1) is 0 Å². The molecule has 0 radical (unpaired) electrons. The van der Waals surface area contributed by atoms with E-state index in [1.165, 1.54) is 0 Å². The van der Waals surface area contributed by atoms with Crippen LogP contribution >= 0.6 is 0 Å². The SMILES string of the molecule is C/C=C/c1ccc(-c2ccc(OC)cc2)c(C)c1O. The third-order valence-electron chi connectivity index (χ3n) is 3.21. The Hall–Kier alpha value is -2.22. The first-order valence-corrected chi connectivity index (χ1v) is 6.27. The second kappa shape index (κ2) is 5.61. The average Bonchev–Trinajstić information content (AvgIpc) is 2.45. The van der Waals surface area contributed by atoms with Gasteiger partial charge in [0.15, 0.2) is 0 Å². The number of rotatable bonds is 3. The van der Waals surface area contributed by atoms with Crippen LogP contribution in [0, 0.1) is 6.92 Å². The van der Waals surface area contributed by atoms with Gasteiger partial charge < -0.3 is 9.84 Å². The van der Waals surface area contributed by atoms with Crippen molar-refractivity contribution < 1.29 is 9.84 Å². The summed E-state index contributed by atoms with van der Waals surface area (Å²) >= 11 is 0. The van der Waals surface area contributed by atoms with Gasteiger partial charge in [-0.1, -0.05) is 36.4 Å². The lowest BCUT2D eigenvalue weighted by atomic mass is 9.97. The summed E-state index contributed by atoms with van der Waals surface area (Å²) in [6, 6.07) is 11.8. The summed E-state index contributed by atoms with van der Waals surface area (Å²) in [6.07, 6.45) is 3.82. The van der Waals surface area contributed by atoms with Crippen LogP contribution in [0.4, 0.5) is 0 Å². The molecule has 1 N–H and O–H groups in total. The zero-order valence-corrected chi connectivity index (χ0v) is 11.5. The van der Waals surface area contributed by atoms with Gasteiger partial charge in [0.1, 0.15) is 11.5 Å². The van der Waals surface area contributed by atoms with Crippen LogP contribution in [-0.4, -0.2) is 12.2 Å². The molecule has 0 heterocycles. The molecule has 2 aromatic carbocycles. The van der Waals surface area contributed by atoms with E-state index in [1.54, 1.807) is 7.11 Å². The Kier molecular flexibility index (Phi) is 3.91. The molecule has 0 saturated heterocycles. The van der Waals surface area contributed by atoms with E-state index in [2.05, 4.69) is 0 Å². The predicted octanol–water partition coefficient (Wildman–Crippen LogP) is 4.41. The topological polar surface area (TPSA) is 29.5 Å². The Bertz CT molecular complexity index is 595. The van der Waals surface area contributed by atoms with Gasteiger partial charge in [0.2, 0.25) is 0 Å². The van der Waals surface area contributed by atoms with Crippen molar-refractivity contribution in [3.8, 4) is 22.6 Å². The molecular formula is C17H18O2.